The van der Waals surface area contributed by atoms with E-state index >= 15 is 0 Å². The van der Waals surface area contributed by atoms with E-state index in [0.717, 1.165) is 25.5 Å². The van der Waals surface area contributed by atoms with E-state index in [0.29, 0.717) is 24.3 Å². The van der Waals surface area contributed by atoms with Crippen LogP contribution in [0.3, 0.4) is 0 Å². The second-order valence-electron chi connectivity index (χ2n) is 10.3. The van der Waals surface area contributed by atoms with Gasteiger partial charge in [0.15, 0.2) is 16.9 Å². The third-order valence-corrected chi connectivity index (χ3v) is 6.63. The number of carbonyl (C=O) groups is 4. The van der Waals surface area contributed by atoms with Crippen LogP contribution in [-0.4, -0.2) is 67.1 Å². The number of aliphatic carboxylic acids is 1. The largest absolute Gasteiger partial charge is 0.480 e. The highest BCUT2D eigenvalue weighted by atomic mass is 16.4. The smallest absolute Gasteiger partial charge is 0.326 e. The van der Waals surface area contributed by atoms with Gasteiger partial charge in [-0.3, -0.25) is 19.4 Å². The molecule has 0 saturated heterocycles. The second-order valence-corrected chi connectivity index (χ2v) is 10.3. The van der Waals surface area contributed by atoms with Crippen molar-refractivity contribution >= 4 is 46.7 Å². The van der Waals surface area contributed by atoms with Crippen molar-refractivity contribution in [2.24, 2.45) is 0 Å². The fourth-order valence-electron chi connectivity index (χ4n) is 4.10. The van der Waals surface area contributed by atoms with Crippen LogP contribution < -0.4 is 27.2 Å². The number of amides is 1. The lowest BCUT2D eigenvalue weighted by molar-refractivity contribution is -0.139. The van der Waals surface area contributed by atoms with E-state index in [2.05, 4.69) is 35.9 Å². The van der Waals surface area contributed by atoms with Gasteiger partial charge in [-0.1, -0.05) is 6.42 Å². The van der Waals surface area contributed by atoms with Gasteiger partial charge in [-0.15, -0.1) is 0 Å². The zero-order valence-electron chi connectivity index (χ0n) is 23.6. The standard InChI is InChI=1S/C28H36N8O6/c1-28(2,32-13-5-3-4-6-14-37)21(38)12-11-20(26(41)42)34-24(39)17-7-9-18(10-8-17)30-15-19-16-31-23-22(33-19)25(40)36-27(29)35-23/h7-10,14,16,20,30,32H,3-6,11-13,15H2,1-2H3,(H,34,39)(H,41,42)(H3,29,31,35,36,40). The number of nitrogen functional groups attached to an aromatic ring is 1. The number of H-pyrrole nitrogens is 1. The fourth-order valence-corrected chi connectivity index (χ4v) is 4.10. The highest BCUT2D eigenvalue weighted by Gasteiger charge is 2.29. The Kier molecular flexibility index (Phi) is 11.2. The Hall–Kier alpha value is -4.72. The first-order valence-corrected chi connectivity index (χ1v) is 13.6. The summed E-state index contributed by atoms with van der Waals surface area (Å²) in [5.74, 6) is -2.02. The van der Waals surface area contributed by atoms with Crippen LogP contribution in [0.2, 0.25) is 0 Å². The van der Waals surface area contributed by atoms with Gasteiger partial charge in [0, 0.05) is 24.1 Å². The van der Waals surface area contributed by atoms with E-state index in [1.54, 1.807) is 26.0 Å². The molecule has 0 aliphatic rings. The van der Waals surface area contributed by atoms with Crippen LogP contribution in [0.4, 0.5) is 11.6 Å². The number of hydrogen-bond donors (Lipinski definition) is 6. The molecule has 42 heavy (non-hydrogen) atoms. The minimum atomic E-state index is -1.24. The Morgan fingerprint density at radius 1 is 1.12 bits per heavy atom. The van der Waals surface area contributed by atoms with Gasteiger partial charge >= 0.3 is 5.97 Å². The zero-order chi connectivity index (χ0) is 30.7. The summed E-state index contributed by atoms with van der Waals surface area (Å²) in [5, 5.41) is 18.4. The number of ketones is 1. The molecule has 224 valence electrons. The van der Waals surface area contributed by atoms with Crippen LogP contribution in [0.1, 0.15) is 68.4 Å². The third-order valence-electron chi connectivity index (χ3n) is 6.63. The number of nitrogens with one attached hydrogen (secondary N) is 4. The summed E-state index contributed by atoms with van der Waals surface area (Å²) in [6.45, 7) is 4.32. The van der Waals surface area contributed by atoms with E-state index in [1.807, 2.05) is 0 Å². The Morgan fingerprint density at radius 2 is 1.86 bits per heavy atom. The van der Waals surface area contributed by atoms with Crippen molar-refractivity contribution in [1.29, 1.82) is 0 Å². The molecule has 1 unspecified atom stereocenters. The van der Waals surface area contributed by atoms with Crippen molar-refractivity contribution in [2.45, 2.75) is 70.5 Å². The van der Waals surface area contributed by atoms with Crippen LogP contribution in [0.25, 0.3) is 11.2 Å². The molecule has 0 saturated carbocycles. The van der Waals surface area contributed by atoms with Crippen LogP contribution in [0, 0.1) is 0 Å². The topological polar surface area (TPSA) is 222 Å². The monoisotopic (exact) mass is 580 g/mol. The Balaban J connectivity index is 1.50. The SMILES string of the molecule is CC(C)(NCCCCCC=O)C(=O)CCC(NC(=O)c1ccc(NCc2cnc3nc(N)[nH]c(=O)c3n2)cc1)C(=O)O. The Labute approximate surface area is 241 Å². The number of carboxylic acid groups (broad SMARTS) is 1. The number of nitrogens with two attached hydrogens (primary N) is 1. The number of fused-ring (bicyclic) bond motifs is 1. The van der Waals surface area contributed by atoms with E-state index in [-0.39, 0.29) is 47.8 Å². The van der Waals surface area contributed by atoms with E-state index < -0.39 is 29.0 Å². The fraction of sp³-hybridized carbons (Fsp3) is 0.429. The molecule has 1 amide bonds. The number of nitrogens with zero attached hydrogens (tertiary/aromatic N) is 3. The van der Waals surface area contributed by atoms with Gasteiger partial charge < -0.3 is 31.6 Å². The molecule has 0 fully saturated rings. The van der Waals surface area contributed by atoms with Crippen molar-refractivity contribution in [1.82, 2.24) is 30.6 Å². The first-order chi connectivity index (χ1) is 20.0. The number of anilines is 2. The van der Waals surface area contributed by atoms with E-state index in [4.69, 9.17) is 5.73 Å². The minimum absolute atomic E-state index is 0.0295. The number of unbranched alkanes of at least 4 members (excludes halogenated alkanes) is 3. The van der Waals surface area contributed by atoms with Crippen molar-refractivity contribution in [3.63, 3.8) is 0 Å². The van der Waals surface area contributed by atoms with E-state index in [9.17, 15) is 29.1 Å². The first-order valence-electron chi connectivity index (χ1n) is 13.6. The molecule has 0 radical (unpaired) electrons. The van der Waals surface area contributed by atoms with Gasteiger partial charge in [0.2, 0.25) is 5.95 Å². The summed E-state index contributed by atoms with van der Waals surface area (Å²) in [5.41, 5.74) is 5.75. The average molecular weight is 581 g/mol. The molecule has 1 atom stereocenters. The number of hydrogen-bond acceptors (Lipinski definition) is 11. The van der Waals surface area contributed by atoms with Gasteiger partial charge in [-0.05, 0) is 63.9 Å². The van der Waals surface area contributed by atoms with Gasteiger partial charge in [0.25, 0.3) is 11.5 Å². The summed E-state index contributed by atoms with van der Waals surface area (Å²) < 4.78 is 0. The maximum Gasteiger partial charge on any atom is 0.326 e. The normalized spacial score (nSPS) is 12.0. The number of aldehydes is 1. The molecular weight excluding hydrogens is 544 g/mol. The van der Waals surface area contributed by atoms with Gasteiger partial charge in [0.05, 0.1) is 24.0 Å². The number of aromatic nitrogens is 4. The molecule has 0 spiro atoms. The Morgan fingerprint density at radius 3 is 2.55 bits per heavy atom. The molecule has 14 nitrogen and oxygen atoms in total. The number of Topliss-reactive ketones (excluding diaryl/α,β-unsaturated/α-hetero) is 1. The van der Waals surface area contributed by atoms with E-state index in [1.165, 1.54) is 18.3 Å². The molecule has 14 heteroatoms. The highest BCUT2D eigenvalue weighted by molar-refractivity contribution is 5.97. The molecule has 2 aromatic heterocycles. The van der Waals surface area contributed by atoms with Crippen LogP contribution >= 0.6 is 0 Å². The molecule has 0 aliphatic carbocycles. The van der Waals surface area contributed by atoms with Crippen LogP contribution in [-0.2, 0) is 20.9 Å². The van der Waals surface area contributed by atoms with Crippen LogP contribution in [0.5, 0.6) is 0 Å². The molecular formula is C28H36N8O6. The maximum absolute atomic E-state index is 12.8. The summed E-state index contributed by atoms with van der Waals surface area (Å²) in [6.07, 6.45) is 5.28. The zero-order valence-corrected chi connectivity index (χ0v) is 23.6. The summed E-state index contributed by atoms with van der Waals surface area (Å²) >= 11 is 0. The summed E-state index contributed by atoms with van der Waals surface area (Å²) in [4.78, 5) is 74.4. The van der Waals surface area contributed by atoms with Gasteiger partial charge in [0.1, 0.15) is 12.3 Å². The first kappa shape index (κ1) is 31.8. The lowest BCUT2D eigenvalue weighted by Crippen LogP contribution is -2.48. The second kappa shape index (κ2) is 14.8. The molecule has 0 aliphatic heterocycles. The summed E-state index contributed by atoms with van der Waals surface area (Å²) in [7, 11) is 0. The quantitative estimate of drug-likeness (QED) is 0.0989. The molecule has 2 heterocycles. The third kappa shape index (κ3) is 9.16. The number of carbonyl (C=O) groups excluding carboxylic acids is 3. The van der Waals surface area contributed by atoms with Gasteiger partial charge in [-0.2, -0.15) is 4.98 Å². The number of aromatic amines is 1. The molecule has 3 rings (SSSR count). The lowest BCUT2D eigenvalue weighted by Gasteiger charge is -2.25. The number of benzene rings is 1. The lowest BCUT2D eigenvalue weighted by atomic mass is 9.93. The molecule has 1 aromatic carbocycles. The predicted molar refractivity (Wildman–Crippen MR) is 156 cm³/mol. The highest BCUT2D eigenvalue weighted by Crippen LogP contribution is 2.14. The van der Waals surface area contributed by atoms with Crippen molar-refractivity contribution in [3.8, 4) is 0 Å². The molecule has 0 bridgehead atoms. The van der Waals surface area contributed by atoms with Crippen molar-refractivity contribution in [3.05, 3.63) is 52.1 Å². The number of rotatable bonds is 17. The van der Waals surface area contributed by atoms with Crippen molar-refractivity contribution in [2.75, 3.05) is 17.6 Å². The minimum Gasteiger partial charge on any atom is -0.480 e. The predicted octanol–water partition coefficient (Wildman–Crippen LogP) is 1.57. The Bertz CT molecular complexity index is 1470. The maximum atomic E-state index is 12.8. The van der Waals surface area contributed by atoms with Gasteiger partial charge in [-0.25, -0.2) is 14.8 Å². The molecule has 3 aromatic rings. The summed E-state index contributed by atoms with van der Waals surface area (Å²) in [6, 6.07) is 5.12. The average Bonchev–Trinajstić information content (AvgIpc) is 2.95. The van der Waals surface area contributed by atoms with Crippen LogP contribution in [0.15, 0.2) is 35.3 Å². The van der Waals surface area contributed by atoms with Crippen molar-refractivity contribution < 1.29 is 24.3 Å². The number of carboxylic acids is 1. The molecule has 7 N–H and O–H groups in total.